The number of nitrogens with one attached hydrogen (secondary N) is 1. The lowest BCUT2D eigenvalue weighted by atomic mass is 9.80. The van der Waals surface area contributed by atoms with Crippen LogP contribution in [0.4, 0.5) is 5.69 Å². The Labute approximate surface area is 135 Å². The van der Waals surface area contributed by atoms with E-state index in [1.165, 1.54) is 0 Å². The average Bonchev–Trinajstić information content (AvgIpc) is 2.93. The highest BCUT2D eigenvalue weighted by Crippen LogP contribution is 2.28. The van der Waals surface area contributed by atoms with Crippen LogP contribution in [0.2, 0.25) is 0 Å². The Balaban J connectivity index is 2.30. The molecule has 0 radical (unpaired) electrons. The first-order chi connectivity index (χ1) is 10.7. The topological polar surface area (TPSA) is 84.2 Å². The van der Waals surface area contributed by atoms with Crippen molar-refractivity contribution in [3.05, 3.63) is 42.2 Å². The number of carboxylic acids is 1. The summed E-state index contributed by atoms with van der Waals surface area (Å²) in [5.74, 6) is -2.78. The van der Waals surface area contributed by atoms with Crippen LogP contribution in [0.15, 0.2) is 36.7 Å². The van der Waals surface area contributed by atoms with Gasteiger partial charge in [0.05, 0.1) is 5.69 Å². The third kappa shape index (κ3) is 3.77. The van der Waals surface area contributed by atoms with E-state index < -0.39 is 23.2 Å². The van der Waals surface area contributed by atoms with Crippen molar-refractivity contribution in [1.29, 1.82) is 0 Å². The monoisotopic (exact) mass is 315 g/mol. The molecule has 122 valence electrons. The third-order valence-corrected chi connectivity index (χ3v) is 3.62. The van der Waals surface area contributed by atoms with Gasteiger partial charge in [-0.1, -0.05) is 26.8 Å². The summed E-state index contributed by atoms with van der Waals surface area (Å²) >= 11 is 0. The first-order valence-electron chi connectivity index (χ1n) is 7.34. The summed E-state index contributed by atoms with van der Waals surface area (Å²) in [6, 6.07) is 7.33. The molecule has 0 saturated carbocycles. The van der Waals surface area contributed by atoms with Gasteiger partial charge in [-0.3, -0.25) is 9.59 Å². The molecule has 2 rings (SSSR count). The van der Waals surface area contributed by atoms with E-state index in [2.05, 4.69) is 10.4 Å². The highest BCUT2D eigenvalue weighted by Gasteiger charge is 2.37. The lowest BCUT2D eigenvalue weighted by Crippen LogP contribution is -2.39. The molecule has 1 aromatic heterocycles. The molecule has 6 heteroatoms. The molecule has 6 nitrogen and oxygen atoms in total. The quantitative estimate of drug-likeness (QED) is 0.850. The minimum absolute atomic E-state index is 0.522. The van der Waals surface area contributed by atoms with Gasteiger partial charge in [-0.25, -0.2) is 4.68 Å². The number of carbonyl (C=O) groups is 2. The van der Waals surface area contributed by atoms with Gasteiger partial charge < -0.3 is 10.4 Å². The molecule has 1 amide bonds. The number of aromatic nitrogens is 2. The van der Waals surface area contributed by atoms with E-state index in [9.17, 15) is 14.7 Å². The number of aliphatic carboxylic acids is 1. The number of nitrogens with zero attached hydrogens (tertiary/aromatic N) is 2. The van der Waals surface area contributed by atoms with E-state index in [1.54, 1.807) is 50.0 Å². The predicted molar refractivity (Wildman–Crippen MR) is 87.5 cm³/mol. The van der Waals surface area contributed by atoms with Crippen LogP contribution in [0.5, 0.6) is 0 Å². The van der Waals surface area contributed by atoms with E-state index in [4.69, 9.17) is 0 Å². The Morgan fingerprint density at radius 3 is 2.52 bits per heavy atom. The fourth-order valence-electron chi connectivity index (χ4n) is 2.39. The maximum Gasteiger partial charge on any atom is 0.316 e. The summed E-state index contributed by atoms with van der Waals surface area (Å²) in [6.45, 7) is 7.06. The second-order valence-corrected chi connectivity index (χ2v) is 6.58. The Morgan fingerprint density at radius 1 is 1.30 bits per heavy atom. The largest absolute Gasteiger partial charge is 0.481 e. The van der Waals surface area contributed by atoms with E-state index in [-0.39, 0.29) is 0 Å². The predicted octanol–water partition coefficient (Wildman–Crippen LogP) is 2.87. The lowest BCUT2D eigenvalue weighted by molar-refractivity contribution is -0.149. The summed E-state index contributed by atoms with van der Waals surface area (Å²) in [5, 5.41) is 16.2. The molecule has 0 bridgehead atoms. The second-order valence-electron chi connectivity index (χ2n) is 6.58. The standard InChI is InChI=1S/C17H21N3O3/c1-11-6-7-12(20-9-5-8-18-20)10-13(11)19-15(21)14(16(22)23)17(2,3)4/h5-10,14H,1-4H3,(H,19,21)(H,22,23). The number of carbonyl (C=O) groups excluding carboxylic acids is 1. The van der Waals surface area contributed by atoms with Crippen LogP contribution in [0, 0.1) is 18.3 Å². The Bertz CT molecular complexity index is 715. The van der Waals surface area contributed by atoms with E-state index in [0.717, 1.165) is 11.3 Å². The number of anilines is 1. The zero-order valence-corrected chi connectivity index (χ0v) is 13.7. The van der Waals surface area contributed by atoms with Crippen LogP contribution < -0.4 is 5.32 Å². The Hall–Kier alpha value is -2.63. The van der Waals surface area contributed by atoms with Crippen LogP contribution in [0.25, 0.3) is 5.69 Å². The van der Waals surface area contributed by atoms with E-state index >= 15 is 0 Å². The van der Waals surface area contributed by atoms with Gasteiger partial charge in [0.1, 0.15) is 5.92 Å². The molecule has 0 aliphatic rings. The molecular weight excluding hydrogens is 294 g/mol. The molecule has 1 atom stereocenters. The molecular formula is C17H21N3O3. The van der Waals surface area contributed by atoms with Crippen molar-refractivity contribution < 1.29 is 14.7 Å². The SMILES string of the molecule is Cc1ccc(-n2cccn2)cc1NC(=O)C(C(=O)O)C(C)(C)C. The summed E-state index contributed by atoms with van der Waals surface area (Å²) in [5.41, 5.74) is 1.55. The van der Waals surface area contributed by atoms with Crippen molar-refractivity contribution in [2.45, 2.75) is 27.7 Å². The first-order valence-corrected chi connectivity index (χ1v) is 7.34. The molecule has 2 N–H and O–H groups in total. The van der Waals surface area contributed by atoms with Crippen LogP contribution in [-0.2, 0) is 9.59 Å². The first kappa shape index (κ1) is 16.7. The van der Waals surface area contributed by atoms with Crippen molar-refractivity contribution in [1.82, 2.24) is 9.78 Å². The molecule has 1 aromatic carbocycles. The van der Waals surface area contributed by atoms with Crippen molar-refractivity contribution in [3.8, 4) is 5.69 Å². The number of benzene rings is 1. The van der Waals surface area contributed by atoms with Crippen molar-refractivity contribution in [2.24, 2.45) is 11.3 Å². The van der Waals surface area contributed by atoms with Gasteiger partial charge in [0.15, 0.2) is 0 Å². The van der Waals surface area contributed by atoms with Gasteiger partial charge in [0.2, 0.25) is 5.91 Å². The zero-order valence-electron chi connectivity index (χ0n) is 13.7. The zero-order chi connectivity index (χ0) is 17.2. The molecule has 1 unspecified atom stereocenters. The van der Waals surface area contributed by atoms with Crippen LogP contribution in [0.1, 0.15) is 26.3 Å². The molecule has 2 aromatic rings. The summed E-state index contributed by atoms with van der Waals surface area (Å²) in [7, 11) is 0. The lowest BCUT2D eigenvalue weighted by Gasteiger charge is -2.26. The van der Waals surface area contributed by atoms with Gasteiger partial charge in [0, 0.05) is 18.1 Å². The second kappa shape index (κ2) is 6.24. The highest BCUT2D eigenvalue weighted by molar-refractivity contribution is 6.05. The molecule has 0 fully saturated rings. The summed E-state index contributed by atoms with van der Waals surface area (Å²) in [6.07, 6.45) is 3.46. The summed E-state index contributed by atoms with van der Waals surface area (Å²) < 4.78 is 1.67. The fraction of sp³-hybridized carbons (Fsp3) is 0.353. The average molecular weight is 315 g/mol. The maximum atomic E-state index is 12.4. The number of hydrogen-bond acceptors (Lipinski definition) is 3. The van der Waals surface area contributed by atoms with Gasteiger partial charge >= 0.3 is 5.97 Å². The van der Waals surface area contributed by atoms with Crippen LogP contribution in [0.3, 0.4) is 0 Å². The Morgan fingerprint density at radius 2 is 2.00 bits per heavy atom. The highest BCUT2D eigenvalue weighted by atomic mass is 16.4. The van der Waals surface area contributed by atoms with Crippen molar-refractivity contribution in [3.63, 3.8) is 0 Å². The van der Waals surface area contributed by atoms with Crippen LogP contribution >= 0.6 is 0 Å². The third-order valence-electron chi connectivity index (χ3n) is 3.62. The Kier molecular flexibility index (Phi) is 4.54. The van der Waals surface area contributed by atoms with Gasteiger partial charge in [0.25, 0.3) is 0 Å². The van der Waals surface area contributed by atoms with Crippen molar-refractivity contribution >= 4 is 17.6 Å². The molecule has 0 spiro atoms. The van der Waals surface area contributed by atoms with Gasteiger partial charge in [-0.15, -0.1) is 0 Å². The fourth-order valence-corrected chi connectivity index (χ4v) is 2.39. The van der Waals surface area contributed by atoms with E-state index in [1.807, 2.05) is 19.1 Å². The van der Waals surface area contributed by atoms with Gasteiger partial charge in [-0.05, 0) is 36.1 Å². The molecule has 0 aliphatic heterocycles. The number of carboxylic acid groups (broad SMARTS) is 1. The smallest absolute Gasteiger partial charge is 0.316 e. The molecule has 23 heavy (non-hydrogen) atoms. The molecule has 0 saturated heterocycles. The number of hydrogen-bond donors (Lipinski definition) is 2. The minimum Gasteiger partial charge on any atom is -0.481 e. The van der Waals surface area contributed by atoms with Crippen molar-refractivity contribution in [2.75, 3.05) is 5.32 Å². The van der Waals surface area contributed by atoms with E-state index in [0.29, 0.717) is 5.69 Å². The number of aryl methyl sites for hydroxylation is 1. The summed E-state index contributed by atoms with van der Waals surface area (Å²) in [4.78, 5) is 23.9. The maximum absolute atomic E-state index is 12.4. The number of rotatable bonds is 4. The van der Waals surface area contributed by atoms with Crippen LogP contribution in [-0.4, -0.2) is 26.8 Å². The van der Waals surface area contributed by atoms with Gasteiger partial charge in [-0.2, -0.15) is 5.10 Å². The normalized spacial score (nSPS) is 12.7. The molecule has 1 heterocycles. The molecule has 0 aliphatic carbocycles. The number of amides is 1. The minimum atomic E-state index is -1.13.